The number of rotatable bonds is 5. The van der Waals surface area contributed by atoms with E-state index in [-0.39, 0.29) is 0 Å². The van der Waals surface area contributed by atoms with Gasteiger partial charge in [-0.15, -0.1) is 0 Å². The summed E-state index contributed by atoms with van der Waals surface area (Å²) in [6.07, 6.45) is 0.822. The summed E-state index contributed by atoms with van der Waals surface area (Å²) in [7, 11) is 1.64. The van der Waals surface area contributed by atoms with Gasteiger partial charge in [-0.2, -0.15) is 0 Å². The van der Waals surface area contributed by atoms with Crippen LogP contribution in [0, 0.1) is 0 Å². The number of anilines is 2. The van der Waals surface area contributed by atoms with Crippen LogP contribution >= 0.6 is 0 Å². The molecule has 0 saturated heterocycles. The Balaban J connectivity index is 0.000000861. The fourth-order valence-electron chi connectivity index (χ4n) is 1.78. The molecule has 0 bridgehead atoms. The lowest BCUT2D eigenvalue weighted by Gasteiger charge is -2.12. The number of nitrogens with one attached hydrogen (secondary N) is 2. The lowest BCUT2D eigenvalue weighted by molar-refractivity contribution is 1.01. The monoisotopic (exact) mass is 260 g/mol. The molecule has 0 aliphatic carbocycles. The van der Waals surface area contributed by atoms with Gasteiger partial charge in [0, 0.05) is 13.6 Å². The Morgan fingerprint density at radius 3 is 2.11 bits per heavy atom. The Morgan fingerprint density at radius 2 is 1.53 bits per heavy atom. The Hall–Kier alpha value is -2.10. The van der Waals surface area contributed by atoms with Gasteiger partial charge in [0.2, 0.25) is 0 Å². The minimum absolute atomic E-state index is 0.392. The van der Waals surface area contributed by atoms with Crippen molar-refractivity contribution in [3.63, 3.8) is 0 Å². The van der Waals surface area contributed by atoms with E-state index in [9.17, 15) is 9.59 Å². The van der Waals surface area contributed by atoms with Gasteiger partial charge in [0.1, 0.15) is 11.4 Å². The molecule has 0 unspecified atom stereocenters. The average molecular weight is 260 g/mol. The molecule has 2 N–H and O–H groups in total. The first-order valence-corrected chi connectivity index (χ1v) is 6.53. The predicted molar refractivity (Wildman–Crippen MR) is 80.9 cm³/mol. The van der Waals surface area contributed by atoms with Gasteiger partial charge in [-0.3, -0.25) is 9.59 Å². The van der Waals surface area contributed by atoms with Crippen molar-refractivity contribution in [1.82, 2.24) is 0 Å². The Kier molecular flexibility index (Phi) is 5.79. The molecule has 2 aromatic carbocycles. The molecule has 0 aromatic heterocycles. The SMILES string of the molecule is CC.CNc1c(NCCc2ccccc2)c(=O)c1=O. The standard InChI is InChI=1S/C13H14N2O2.C2H6/c1-14-10-11(13(17)12(10)16)15-8-7-9-5-3-2-4-6-9;1-2/h2-6,14-15H,7-8H2,1H3;1-2H3. The molecular weight excluding hydrogens is 240 g/mol. The lowest BCUT2D eigenvalue weighted by Crippen LogP contribution is -2.37. The molecule has 0 amide bonds. The molecule has 19 heavy (non-hydrogen) atoms. The Bertz CT molecular complexity index is 569. The zero-order valence-corrected chi connectivity index (χ0v) is 11.6. The fraction of sp³-hybridized carbons (Fsp3) is 0.333. The molecule has 0 heterocycles. The highest BCUT2D eigenvalue weighted by atomic mass is 16.2. The van der Waals surface area contributed by atoms with Gasteiger partial charge >= 0.3 is 0 Å². The molecule has 0 spiro atoms. The van der Waals surface area contributed by atoms with Gasteiger partial charge in [0.15, 0.2) is 0 Å². The number of benzene rings is 1. The molecule has 0 radical (unpaired) electrons. The lowest BCUT2D eigenvalue weighted by atomic mass is 10.1. The van der Waals surface area contributed by atoms with Crippen LogP contribution in [0.3, 0.4) is 0 Å². The van der Waals surface area contributed by atoms with E-state index in [4.69, 9.17) is 0 Å². The van der Waals surface area contributed by atoms with Gasteiger partial charge in [0.05, 0.1) is 0 Å². The van der Waals surface area contributed by atoms with Crippen molar-refractivity contribution in [2.24, 2.45) is 0 Å². The van der Waals surface area contributed by atoms with Crippen molar-refractivity contribution in [3.8, 4) is 0 Å². The molecule has 2 rings (SSSR count). The molecule has 0 aliphatic heterocycles. The zero-order chi connectivity index (χ0) is 14.3. The molecule has 0 saturated carbocycles. The fourth-order valence-corrected chi connectivity index (χ4v) is 1.78. The van der Waals surface area contributed by atoms with E-state index in [0.29, 0.717) is 17.9 Å². The molecule has 4 nitrogen and oxygen atoms in total. The third-order valence-corrected chi connectivity index (χ3v) is 2.72. The Labute approximate surface area is 113 Å². The third-order valence-electron chi connectivity index (χ3n) is 2.72. The predicted octanol–water partition coefficient (Wildman–Crippen LogP) is 2.01. The number of hydrogen-bond donors (Lipinski definition) is 2. The summed E-state index contributed by atoms with van der Waals surface area (Å²) >= 11 is 0. The van der Waals surface area contributed by atoms with Crippen LogP contribution in [0.2, 0.25) is 0 Å². The smallest absolute Gasteiger partial charge is 0.253 e. The van der Waals surface area contributed by atoms with Crippen molar-refractivity contribution in [2.75, 3.05) is 24.2 Å². The van der Waals surface area contributed by atoms with Crippen molar-refractivity contribution in [3.05, 3.63) is 56.3 Å². The van der Waals surface area contributed by atoms with Gasteiger partial charge in [-0.25, -0.2) is 0 Å². The first-order chi connectivity index (χ1) is 9.24. The van der Waals surface area contributed by atoms with Crippen molar-refractivity contribution < 1.29 is 0 Å². The topological polar surface area (TPSA) is 58.2 Å². The second kappa shape index (κ2) is 7.36. The van der Waals surface area contributed by atoms with Gasteiger partial charge in [-0.1, -0.05) is 44.2 Å². The van der Waals surface area contributed by atoms with Crippen LogP contribution in [-0.2, 0) is 6.42 Å². The second-order valence-electron chi connectivity index (χ2n) is 3.82. The maximum Gasteiger partial charge on any atom is 0.253 e. The van der Waals surface area contributed by atoms with E-state index < -0.39 is 10.9 Å². The van der Waals surface area contributed by atoms with Crippen molar-refractivity contribution >= 4 is 11.4 Å². The van der Waals surface area contributed by atoms with E-state index in [1.54, 1.807) is 7.05 Å². The summed E-state index contributed by atoms with van der Waals surface area (Å²) < 4.78 is 0. The van der Waals surface area contributed by atoms with Crippen LogP contribution < -0.4 is 21.5 Å². The molecule has 0 fully saturated rings. The maximum atomic E-state index is 11.3. The van der Waals surface area contributed by atoms with Crippen LogP contribution in [0.4, 0.5) is 11.4 Å². The maximum absolute atomic E-state index is 11.3. The van der Waals surface area contributed by atoms with E-state index in [0.717, 1.165) is 6.42 Å². The summed E-state index contributed by atoms with van der Waals surface area (Å²) in [5.41, 5.74) is 1.14. The highest BCUT2D eigenvalue weighted by molar-refractivity contribution is 5.73. The van der Waals surface area contributed by atoms with Crippen LogP contribution in [0.15, 0.2) is 39.9 Å². The second-order valence-corrected chi connectivity index (χ2v) is 3.82. The first kappa shape index (κ1) is 15.0. The zero-order valence-electron chi connectivity index (χ0n) is 11.6. The van der Waals surface area contributed by atoms with E-state index in [1.165, 1.54) is 5.56 Å². The van der Waals surface area contributed by atoms with E-state index in [2.05, 4.69) is 10.6 Å². The largest absolute Gasteiger partial charge is 0.383 e. The molecule has 2 aromatic rings. The third kappa shape index (κ3) is 3.44. The first-order valence-electron chi connectivity index (χ1n) is 6.53. The highest BCUT2D eigenvalue weighted by Crippen LogP contribution is 2.12. The van der Waals surface area contributed by atoms with Crippen LogP contribution in [0.5, 0.6) is 0 Å². The summed E-state index contributed by atoms with van der Waals surface area (Å²) in [5, 5.41) is 5.72. The van der Waals surface area contributed by atoms with Gasteiger partial charge < -0.3 is 10.6 Å². The van der Waals surface area contributed by atoms with Crippen LogP contribution in [0.25, 0.3) is 0 Å². The summed E-state index contributed by atoms with van der Waals surface area (Å²) in [6.45, 7) is 4.64. The normalized spacial score (nSPS) is 9.63. The summed E-state index contributed by atoms with van der Waals surface area (Å²) in [5.74, 6) is 0. The molecule has 102 valence electrons. The van der Waals surface area contributed by atoms with E-state index in [1.807, 2.05) is 44.2 Å². The quantitative estimate of drug-likeness (QED) is 0.807. The van der Waals surface area contributed by atoms with Gasteiger partial charge in [-0.05, 0) is 12.0 Å². The van der Waals surface area contributed by atoms with Crippen molar-refractivity contribution in [2.45, 2.75) is 20.3 Å². The molecule has 0 aliphatic rings. The summed E-state index contributed by atoms with van der Waals surface area (Å²) in [4.78, 5) is 22.4. The van der Waals surface area contributed by atoms with Gasteiger partial charge in [0.25, 0.3) is 10.9 Å². The molecule has 4 heteroatoms. The van der Waals surface area contributed by atoms with Crippen LogP contribution in [0.1, 0.15) is 19.4 Å². The molecule has 0 atom stereocenters. The van der Waals surface area contributed by atoms with Crippen LogP contribution in [-0.4, -0.2) is 13.6 Å². The molecular formula is C15H20N2O2. The minimum atomic E-state index is -0.435. The summed E-state index contributed by atoms with van der Waals surface area (Å²) in [6, 6.07) is 9.98. The number of hydrogen-bond acceptors (Lipinski definition) is 4. The Morgan fingerprint density at radius 1 is 0.947 bits per heavy atom. The minimum Gasteiger partial charge on any atom is -0.383 e. The van der Waals surface area contributed by atoms with E-state index >= 15 is 0 Å². The van der Waals surface area contributed by atoms with Crippen molar-refractivity contribution in [1.29, 1.82) is 0 Å². The highest BCUT2D eigenvalue weighted by Gasteiger charge is 2.18. The average Bonchev–Trinajstić information content (AvgIpc) is 2.49.